The van der Waals surface area contributed by atoms with Crippen molar-refractivity contribution < 1.29 is 14.6 Å². The molecular weight excluding hydrogens is 216 g/mol. The van der Waals surface area contributed by atoms with Gasteiger partial charge in [0.2, 0.25) is 0 Å². The third kappa shape index (κ3) is 1.55. The summed E-state index contributed by atoms with van der Waals surface area (Å²) in [7, 11) is 0. The van der Waals surface area contributed by atoms with Crippen LogP contribution in [0.2, 0.25) is 0 Å². The molecule has 3 atom stereocenters. The number of hydrogen-bond donors (Lipinski definition) is 1. The van der Waals surface area contributed by atoms with Crippen molar-refractivity contribution in [2.45, 2.75) is 12.0 Å². The molecule has 3 nitrogen and oxygen atoms in total. The van der Waals surface area contributed by atoms with Crippen LogP contribution in [0.5, 0.6) is 5.75 Å². The highest BCUT2D eigenvalue weighted by Crippen LogP contribution is 2.42. The number of carboxylic acids is 1. The first-order valence-corrected chi connectivity index (χ1v) is 5.61. The molecule has 1 aliphatic heterocycles. The monoisotopic (exact) mass is 228 g/mol. The zero-order valence-corrected chi connectivity index (χ0v) is 9.11. The van der Waals surface area contributed by atoms with Crippen molar-refractivity contribution in [1.82, 2.24) is 0 Å². The Morgan fingerprint density at radius 3 is 2.76 bits per heavy atom. The molecule has 1 heterocycles. The zero-order valence-electron chi connectivity index (χ0n) is 9.11. The number of allylic oxidation sites excluding steroid dienone is 2. The molecule has 0 amide bonds. The Morgan fingerprint density at radius 2 is 1.94 bits per heavy atom. The first-order valence-electron chi connectivity index (χ1n) is 5.61. The van der Waals surface area contributed by atoms with Crippen molar-refractivity contribution in [2.75, 3.05) is 0 Å². The number of rotatable bonds is 1. The van der Waals surface area contributed by atoms with Gasteiger partial charge in [-0.3, -0.25) is 4.79 Å². The van der Waals surface area contributed by atoms with E-state index in [1.54, 1.807) is 0 Å². The number of carboxylic acid groups (broad SMARTS) is 1. The molecule has 0 saturated heterocycles. The molecule has 0 spiro atoms. The molecule has 0 fully saturated rings. The smallest absolute Gasteiger partial charge is 0.311 e. The van der Waals surface area contributed by atoms with Gasteiger partial charge in [-0.1, -0.05) is 36.4 Å². The van der Waals surface area contributed by atoms with Crippen LogP contribution in [0, 0.1) is 5.92 Å². The highest BCUT2D eigenvalue weighted by Gasteiger charge is 2.40. The second kappa shape index (κ2) is 3.77. The van der Waals surface area contributed by atoms with Gasteiger partial charge in [-0.15, -0.1) is 0 Å². The molecule has 0 saturated carbocycles. The van der Waals surface area contributed by atoms with E-state index in [1.165, 1.54) is 0 Å². The third-order valence-electron chi connectivity index (χ3n) is 3.29. The SMILES string of the molecule is O=C(O)C1c2ccccc2OC2C=CC=CC21. The summed E-state index contributed by atoms with van der Waals surface area (Å²) in [6.45, 7) is 0. The van der Waals surface area contributed by atoms with Gasteiger partial charge in [-0.05, 0) is 12.1 Å². The lowest BCUT2D eigenvalue weighted by atomic mass is 9.78. The van der Waals surface area contributed by atoms with E-state index in [0.717, 1.165) is 5.56 Å². The maximum Gasteiger partial charge on any atom is 0.311 e. The molecule has 3 heteroatoms. The second-order valence-corrected chi connectivity index (χ2v) is 4.28. The van der Waals surface area contributed by atoms with Crippen molar-refractivity contribution in [3.05, 3.63) is 54.1 Å². The summed E-state index contributed by atoms with van der Waals surface area (Å²) in [5, 5.41) is 9.41. The average molecular weight is 228 g/mol. The van der Waals surface area contributed by atoms with Crippen molar-refractivity contribution in [3.8, 4) is 5.75 Å². The number of benzene rings is 1. The number of fused-ring (bicyclic) bond motifs is 2. The number of ether oxygens (including phenoxy) is 1. The first kappa shape index (κ1) is 10.1. The summed E-state index contributed by atoms with van der Waals surface area (Å²) in [6, 6.07) is 7.37. The lowest BCUT2D eigenvalue weighted by molar-refractivity contribution is -0.141. The fourth-order valence-electron chi connectivity index (χ4n) is 2.52. The minimum absolute atomic E-state index is 0.118. The summed E-state index contributed by atoms with van der Waals surface area (Å²) >= 11 is 0. The third-order valence-corrected chi connectivity index (χ3v) is 3.29. The van der Waals surface area contributed by atoms with E-state index in [0.29, 0.717) is 5.75 Å². The van der Waals surface area contributed by atoms with Crippen LogP contribution in [0.1, 0.15) is 11.5 Å². The Balaban J connectivity index is 2.12. The molecule has 86 valence electrons. The molecule has 1 aromatic rings. The molecule has 3 rings (SSSR count). The number of aliphatic carboxylic acids is 1. The van der Waals surface area contributed by atoms with Crippen molar-refractivity contribution >= 4 is 5.97 Å². The summed E-state index contributed by atoms with van der Waals surface area (Å²) in [5.41, 5.74) is 0.765. The van der Waals surface area contributed by atoms with Crippen molar-refractivity contribution in [3.63, 3.8) is 0 Å². The van der Waals surface area contributed by atoms with Gasteiger partial charge in [0.05, 0.1) is 5.92 Å². The fourth-order valence-corrected chi connectivity index (χ4v) is 2.52. The molecule has 1 N–H and O–H groups in total. The number of para-hydroxylation sites is 1. The van der Waals surface area contributed by atoms with Gasteiger partial charge in [0.15, 0.2) is 0 Å². The molecule has 1 aromatic carbocycles. The van der Waals surface area contributed by atoms with Crippen LogP contribution >= 0.6 is 0 Å². The van der Waals surface area contributed by atoms with Crippen LogP contribution in [0.3, 0.4) is 0 Å². The molecular formula is C14H12O3. The van der Waals surface area contributed by atoms with Gasteiger partial charge in [-0.2, -0.15) is 0 Å². The van der Waals surface area contributed by atoms with Gasteiger partial charge >= 0.3 is 5.97 Å². The minimum Gasteiger partial charge on any atom is -0.485 e. The van der Waals surface area contributed by atoms with Gasteiger partial charge < -0.3 is 9.84 Å². The van der Waals surface area contributed by atoms with E-state index >= 15 is 0 Å². The Morgan fingerprint density at radius 1 is 1.18 bits per heavy atom. The molecule has 3 unspecified atom stereocenters. The molecule has 0 aromatic heterocycles. The average Bonchev–Trinajstić information content (AvgIpc) is 2.35. The predicted molar refractivity (Wildman–Crippen MR) is 63.0 cm³/mol. The van der Waals surface area contributed by atoms with Crippen molar-refractivity contribution in [2.24, 2.45) is 5.92 Å². The highest BCUT2D eigenvalue weighted by molar-refractivity contribution is 5.79. The van der Waals surface area contributed by atoms with Gasteiger partial charge in [-0.25, -0.2) is 0 Å². The zero-order chi connectivity index (χ0) is 11.8. The standard InChI is InChI=1S/C14H12O3/c15-14(16)13-9-5-1-3-7-11(9)17-12-8-4-2-6-10(12)13/h1-9,11,13H,(H,15,16). The largest absolute Gasteiger partial charge is 0.485 e. The van der Waals surface area contributed by atoms with Crippen LogP contribution in [0.15, 0.2) is 48.6 Å². The number of carbonyl (C=O) groups is 1. The lowest BCUT2D eigenvalue weighted by Gasteiger charge is -2.35. The van der Waals surface area contributed by atoms with Crippen LogP contribution in [-0.2, 0) is 4.79 Å². The lowest BCUT2D eigenvalue weighted by Crippen LogP contribution is -2.37. The fraction of sp³-hybridized carbons (Fsp3) is 0.214. The Bertz CT molecular complexity index is 516. The van der Waals surface area contributed by atoms with Crippen LogP contribution in [0.4, 0.5) is 0 Å². The topological polar surface area (TPSA) is 46.5 Å². The van der Waals surface area contributed by atoms with Gasteiger partial charge in [0.1, 0.15) is 11.9 Å². The minimum atomic E-state index is -0.796. The summed E-state index contributed by atoms with van der Waals surface area (Å²) < 4.78 is 5.81. The van der Waals surface area contributed by atoms with E-state index in [-0.39, 0.29) is 12.0 Å². The van der Waals surface area contributed by atoms with E-state index in [9.17, 15) is 9.90 Å². The van der Waals surface area contributed by atoms with Gasteiger partial charge in [0, 0.05) is 11.5 Å². The molecule has 1 aliphatic carbocycles. The van der Waals surface area contributed by atoms with Crippen molar-refractivity contribution in [1.29, 1.82) is 0 Å². The Hall–Kier alpha value is -2.03. The second-order valence-electron chi connectivity index (χ2n) is 4.28. The normalized spacial score (nSPS) is 29.1. The highest BCUT2D eigenvalue weighted by atomic mass is 16.5. The van der Waals surface area contributed by atoms with E-state index in [2.05, 4.69) is 0 Å². The Kier molecular flexibility index (Phi) is 2.25. The Labute approximate surface area is 99.0 Å². The maximum atomic E-state index is 11.5. The van der Waals surface area contributed by atoms with Gasteiger partial charge in [0.25, 0.3) is 0 Å². The maximum absolute atomic E-state index is 11.5. The van der Waals surface area contributed by atoms with E-state index in [4.69, 9.17) is 4.74 Å². The van der Waals surface area contributed by atoms with Crippen LogP contribution < -0.4 is 4.74 Å². The van der Waals surface area contributed by atoms with E-state index in [1.807, 2.05) is 48.6 Å². The quantitative estimate of drug-likeness (QED) is 0.802. The summed E-state index contributed by atoms with van der Waals surface area (Å²) in [6.07, 6.45) is 7.44. The summed E-state index contributed by atoms with van der Waals surface area (Å²) in [4.78, 5) is 11.5. The first-order chi connectivity index (χ1) is 8.27. The predicted octanol–water partition coefficient (Wildman–Crippen LogP) is 2.36. The van der Waals surface area contributed by atoms with E-state index < -0.39 is 11.9 Å². The molecule has 0 radical (unpaired) electrons. The van der Waals surface area contributed by atoms with Crippen LogP contribution in [0.25, 0.3) is 0 Å². The molecule has 17 heavy (non-hydrogen) atoms. The molecule has 2 aliphatic rings. The van der Waals surface area contributed by atoms with Crippen LogP contribution in [-0.4, -0.2) is 17.2 Å². The summed E-state index contributed by atoms with van der Waals surface area (Å²) in [5.74, 6) is -0.754. The number of hydrogen-bond acceptors (Lipinski definition) is 2. The molecule has 0 bridgehead atoms.